The summed E-state index contributed by atoms with van der Waals surface area (Å²) < 4.78 is 10.9. The van der Waals surface area contributed by atoms with Crippen LogP contribution in [-0.2, 0) is 20.9 Å². The maximum atomic E-state index is 12.0. The first-order valence-electron chi connectivity index (χ1n) is 7.27. The third-order valence-electron chi connectivity index (χ3n) is 2.85. The summed E-state index contributed by atoms with van der Waals surface area (Å²) in [4.78, 5) is 16.1. The first-order chi connectivity index (χ1) is 10.4. The van der Waals surface area contributed by atoms with Crippen LogP contribution in [0.15, 0.2) is 47.2 Å². The molecule has 0 aliphatic carbocycles. The molecular weight excluding hydrogens is 280 g/mol. The highest BCUT2D eigenvalue weighted by Crippen LogP contribution is 2.14. The summed E-state index contributed by atoms with van der Waals surface area (Å²) in [5, 5.41) is 2.98. The zero-order valence-electron chi connectivity index (χ0n) is 13.2. The largest absolute Gasteiger partial charge is 0.456 e. The van der Waals surface area contributed by atoms with Crippen LogP contribution in [0.5, 0.6) is 0 Å². The zero-order chi connectivity index (χ0) is 16.0. The molecule has 2 rings (SSSR count). The molecule has 0 spiro atoms. The molecule has 1 aliphatic heterocycles. The van der Waals surface area contributed by atoms with Gasteiger partial charge in [-0.3, -0.25) is 4.99 Å². The van der Waals surface area contributed by atoms with Crippen molar-refractivity contribution in [2.45, 2.75) is 33.6 Å². The number of carbonyl (C=O) groups is 1. The molecule has 0 saturated heterocycles. The van der Waals surface area contributed by atoms with Gasteiger partial charge in [0.25, 0.3) is 0 Å². The van der Waals surface area contributed by atoms with Gasteiger partial charge >= 0.3 is 5.97 Å². The number of benzene rings is 1. The van der Waals surface area contributed by atoms with Crippen molar-refractivity contribution in [2.75, 3.05) is 6.61 Å². The second kappa shape index (κ2) is 7.22. The number of carbonyl (C=O) groups excluding carboxylic acids is 1. The summed E-state index contributed by atoms with van der Waals surface area (Å²) in [6.07, 6.45) is 2.66. The molecule has 118 valence electrons. The molecule has 1 atom stereocenters. The smallest absolute Gasteiger partial charge is 0.356 e. The average Bonchev–Trinajstić information content (AvgIpc) is 2.51. The molecule has 1 aromatic carbocycles. The highest BCUT2D eigenvalue weighted by Gasteiger charge is 2.20. The minimum atomic E-state index is -0.440. The second-order valence-electron chi connectivity index (χ2n) is 6.34. The van der Waals surface area contributed by atoms with Crippen LogP contribution in [0.2, 0.25) is 0 Å². The van der Waals surface area contributed by atoms with E-state index in [9.17, 15) is 4.79 Å². The summed E-state index contributed by atoms with van der Waals surface area (Å²) in [6.45, 7) is 7.03. The Labute approximate surface area is 131 Å². The molecule has 22 heavy (non-hydrogen) atoms. The number of esters is 1. The lowest BCUT2D eigenvalue weighted by Gasteiger charge is -2.24. The molecule has 5 heteroatoms. The number of hydrogen-bond donors (Lipinski definition) is 1. The lowest BCUT2D eigenvalue weighted by Crippen LogP contribution is -2.39. The van der Waals surface area contributed by atoms with Gasteiger partial charge < -0.3 is 14.8 Å². The van der Waals surface area contributed by atoms with Crippen LogP contribution in [0.3, 0.4) is 0 Å². The summed E-state index contributed by atoms with van der Waals surface area (Å²) in [6, 6.07) is 9.54. The molecule has 1 aromatic rings. The van der Waals surface area contributed by atoms with E-state index in [2.05, 4.69) is 31.1 Å². The summed E-state index contributed by atoms with van der Waals surface area (Å²) >= 11 is 0. The van der Waals surface area contributed by atoms with Crippen LogP contribution >= 0.6 is 0 Å². The van der Waals surface area contributed by atoms with Crippen LogP contribution in [0.4, 0.5) is 0 Å². The Kier molecular flexibility index (Phi) is 5.33. The highest BCUT2D eigenvalue weighted by molar-refractivity contribution is 5.89. The zero-order valence-corrected chi connectivity index (χ0v) is 13.2. The van der Waals surface area contributed by atoms with Crippen LogP contribution in [0.25, 0.3) is 0 Å². The summed E-state index contributed by atoms with van der Waals surface area (Å²) in [5.74, 6) is -0.440. The molecule has 1 aliphatic rings. The van der Waals surface area contributed by atoms with Gasteiger partial charge in [0.2, 0.25) is 0 Å². The molecule has 1 unspecified atom stereocenters. The van der Waals surface area contributed by atoms with Crippen molar-refractivity contribution in [3.05, 3.63) is 47.8 Å². The third-order valence-corrected chi connectivity index (χ3v) is 2.85. The monoisotopic (exact) mass is 302 g/mol. The van der Waals surface area contributed by atoms with Crippen molar-refractivity contribution >= 4 is 12.2 Å². The molecule has 1 heterocycles. The maximum absolute atomic E-state index is 12.0. The molecule has 5 nitrogen and oxygen atoms in total. The molecule has 0 amide bonds. The van der Waals surface area contributed by atoms with Crippen molar-refractivity contribution in [1.29, 1.82) is 0 Å². The fourth-order valence-electron chi connectivity index (χ4n) is 1.76. The van der Waals surface area contributed by atoms with Crippen molar-refractivity contribution in [2.24, 2.45) is 10.4 Å². The van der Waals surface area contributed by atoms with E-state index >= 15 is 0 Å². The van der Waals surface area contributed by atoms with Gasteiger partial charge in [-0.15, -0.1) is 0 Å². The Hall–Kier alpha value is -2.14. The van der Waals surface area contributed by atoms with Crippen LogP contribution in [-0.4, -0.2) is 25.0 Å². The Morgan fingerprint density at radius 1 is 1.27 bits per heavy atom. The van der Waals surface area contributed by atoms with E-state index in [1.165, 1.54) is 6.20 Å². The fraction of sp³-hybridized carbons (Fsp3) is 0.412. The first kappa shape index (κ1) is 16.2. The van der Waals surface area contributed by atoms with Crippen molar-refractivity contribution < 1.29 is 14.3 Å². The van der Waals surface area contributed by atoms with Crippen LogP contribution < -0.4 is 5.32 Å². The van der Waals surface area contributed by atoms with E-state index in [1.807, 2.05) is 30.3 Å². The van der Waals surface area contributed by atoms with Crippen molar-refractivity contribution in [3.63, 3.8) is 0 Å². The standard InChI is InChI=1S/C17H22N2O3/c1-17(2,3)12-22-15-10-18-9-14(19-15)16(20)21-11-13-7-5-4-6-8-13/h4-10,15,19H,11-12H2,1-3H3. The van der Waals surface area contributed by atoms with Gasteiger partial charge in [-0.05, 0) is 11.0 Å². The number of hydrogen-bond acceptors (Lipinski definition) is 5. The van der Waals surface area contributed by atoms with Gasteiger partial charge in [-0.25, -0.2) is 4.79 Å². The Morgan fingerprint density at radius 2 is 2.00 bits per heavy atom. The lowest BCUT2D eigenvalue weighted by molar-refractivity contribution is -0.141. The van der Waals surface area contributed by atoms with E-state index in [0.717, 1.165) is 5.56 Å². The topological polar surface area (TPSA) is 59.9 Å². The summed E-state index contributed by atoms with van der Waals surface area (Å²) in [7, 11) is 0. The van der Waals surface area contributed by atoms with E-state index in [0.29, 0.717) is 12.3 Å². The van der Waals surface area contributed by atoms with Gasteiger partial charge in [-0.2, -0.15) is 0 Å². The molecule has 0 bridgehead atoms. The molecule has 0 fully saturated rings. The Balaban J connectivity index is 1.83. The van der Waals surface area contributed by atoms with Gasteiger partial charge in [-0.1, -0.05) is 51.1 Å². The Morgan fingerprint density at radius 3 is 2.68 bits per heavy atom. The first-order valence-corrected chi connectivity index (χ1v) is 7.27. The third kappa shape index (κ3) is 5.33. The van der Waals surface area contributed by atoms with Gasteiger partial charge in [0.15, 0.2) is 6.23 Å². The van der Waals surface area contributed by atoms with E-state index < -0.39 is 12.2 Å². The van der Waals surface area contributed by atoms with Gasteiger partial charge in [0.05, 0.1) is 19.0 Å². The number of ether oxygens (including phenoxy) is 2. The molecular formula is C17H22N2O3. The number of rotatable bonds is 5. The molecule has 1 N–H and O–H groups in total. The molecule has 0 radical (unpaired) electrons. The van der Waals surface area contributed by atoms with Crippen molar-refractivity contribution in [1.82, 2.24) is 5.32 Å². The van der Waals surface area contributed by atoms with E-state index in [4.69, 9.17) is 9.47 Å². The summed E-state index contributed by atoms with van der Waals surface area (Å²) in [5.41, 5.74) is 1.29. The average molecular weight is 302 g/mol. The minimum Gasteiger partial charge on any atom is -0.456 e. The van der Waals surface area contributed by atoms with Gasteiger partial charge in [0, 0.05) is 0 Å². The number of nitrogens with zero attached hydrogens (tertiary/aromatic N) is 1. The molecule has 0 aromatic heterocycles. The van der Waals surface area contributed by atoms with E-state index in [1.54, 1.807) is 6.21 Å². The predicted octanol–water partition coefficient (Wildman–Crippen LogP) is 2.63. The fourth-order valence-corrected chi connectivity index (χ4v) is 1.76. The van der Waals surface area contributed by atoms with E-state index in [-0.39, 0.29) is 12.0 Å². The van der Waals surface area contributed by atoms with Crippen LogP contribution in [0, 0.1) is 5.41 Å². The quantitative estimate of drug-likeness (QED) is 0.849. The van der Waals surface area contributed by atoms with Crippen molar-refractivity contribution in [3.8, 4) is 0 Å². The number of nitrogens with one attached hydrogen (secondary N) is 1. The second-order valence-corrected chi connectivity index (χ2v) is 6.34. The maximum Gasteiger partial charge on any atom is 0.356 e. The molecule has 0 saturated carbocycles. The lowest BCUT2D eigenvalue weighted by atomic mass is 9.99. The highest BCUT2D eigenvalue weighted by atomic mass is 16.5. The number of aliphatic imine (C=N–C) groups is 1. The SMILES string of the molecule is CC(C)(C)COC1C=NC=C(C(=O)OCc2ccccc2)N1. The normalized spacial score (nSPS) is 17.6. The van der Waals surface area contributed by atoms with Crippen LogP contribution in [0.1, 0.15) is 26.3 Å². The predicted molar refractivity (Wildman–Crippen MR) is 85.1 cm³/mol. The minimum absolute atomic E-state index is 0.0463. The Bertz CT molecular complexity index is 559. The van der Waals surface area contributed by atoms with Gasteiger partial charge in [0.1, 0.15) is 12.3 Å².